The highest BCUT2D eigenvalue weighted by Gasteiger charge is 2.38. The number of amides is 1. The summed E-state index contributed by atoms with van der Waals surface area (Å²) in [5.41, 5.74) is 7.95. The quantitative estimate of drug-likeness (QED) is 0.344. The normalized spacial score (nSPS) is 11.7. The molecule has 0 atom stereocenters. The molecule has 0 unspecified atom stereocenters. The number of hydrogen-bond donors (Lipinski definition) is 3. The molecule has 28 heavy (non-hydrogen) atoms. The maximum Gasteiger partial charge on any atom is 0.471 e. The Balaban J connectivity index is 1.73. The second-order valence-corrected chi connectivity index (χ2v) is 6.14. The first-order valence-corrected chi connectivity index (χ1v) is 8.27. The molecule has 0 fully saturated rings. The Hall–Kier alpha value is -3.61. The molecule has 0 heterocycles. The highest BCUT2D eigenvalue weighted by molar-refractivity contribution is 5.99. The summed E-state index contributed by atoms with van der Waals surface area (Å²) in [6.45, 7) is 0. The van der Waals surface area contributed by atoms with Crippen LogP contribution >= 0.6 is 0 Å². The van der Waals surface area contributed by atoms with Gasteiger partial charge in [0.25, 0.3) is 0 Å². The Morgan fingerprint density at radius 3 is 2.11 bits per heavy atom. The highest BCUT2D eigenvalue weighted by Crippen LogP contribution is 2.21. The zero-order valence-electron chi connectivity index (χ0n) is 14.5. The van der Waals surface area contributed by atoms with E-state index < -0.39 is 12.1 Å². The number of nitrogens with one attached hydrogen (secondary N) is 2. The molecule has 142 valence electrons. The van der Waals surface area contributed by atoms with Gasteiger partial charge in [-0.05, 0) is 46.2 Å². The highest BCUT2D eigenvalue weighted by atomic mass is 19.4. The molecule has 3 aromatic rings. The SMILES string of the molecule is N=C(N)c1ccc2cc(/C=C/c3ccc(NC(=O)C(F)(F)F)cc3)ccc2c1. The van der Waals surface area contributed by atoms with Crippen molar-refractivity contribution >= 4 is 40.4 Å². The van der Waals surface area contributed by atoms with E-state index in [1.807, 2.05) is 42.5 Å². The van der Waals surface area contributed by atoms with E-state index in [4.69, 9.17) is 11.1 Å². The van der Waals surface area contributed by atoms with E-state index in [0.717, 1.165) is 21.9 Å². The van der Waals surface area contributed by atoms with Crippen LogP contribution in [-0.2, 0) is 4.79 Å². The van der Waals surface area contributed by atoms with Crippen molar-refractivity contribution in [2.45, 2.75) is 6.18 Å². The first-order chi connectivity index (χ1) is 13.2. The number of alkyl halides is 3. The summed E-state index contributed by atoms with van der Waals surface area (Å²) < 4.78 is 36.8. The van der Waals surface area contributed by atoms with Crippen LogP contribution in [0.1, 0.15) is 16.7 Å². The topological polar surface area (TPSA) is 79.0 Å². The monoisotopic (exact) mass is 383 g/mol. The van der Waals surface area contributed by atoms with Crippen LogP contribution in [0.4, 0.5) is 18.9 Å². The molecule has 0 spiro atoms. The summed E-state index contributed by atoms with van der Waals surface area (Å²) in [6.07, 6.45) is -1.22. The third-order valence-electron chi connectivity index (χ3n) is 4.07. The van der Waals surface area contributed by atoms with Crippen LogP contribution in [0.25, 0.3) is 22.9 Å². The van der Waals surface area contributed by atoms with E-state index in [1.54, 1.807) is 23.5 Å². The summed E-state index contributed by atoms with van der Waals surface area (Å²) in [5.74, 6) is -1.99. The van der Waals surface area contributed by atoms with Gasteiger partial charge in [-0.15, -0.1) is 0 Å². The maximum atomic E-state index is 12.3. The Morgan fingerprint density at radius 1 is 0.893 bits per heavy atom. The summed E-state index contributed by atoms with van der Waals surface area (Å²) >= 11 is 0. The minimum atomic E-state index is -4.92. The zero-order chi connectivity index (χ0) is 20.3. The molecule has 3 aromatic carbocycles. The standard InChI is InChI=1S/C21H16F3N3O/c22-21(23,24)20(28)27-18-9-4-13(5-10-18)1-2-14-3-6-16-12-17(19(25)26)8-7-15(16)11-14/h1-12H,(H3,25,26)(H,27,28)/b2-1+. The number of nitrogen functional groups attached to an aromatic ring is 1. The molecule has 0 aliphatic carbocycles. The zero-order valence-corrected chi connectivity index (χ0v) is 14.5. The van der Waals surface area contributed by atoms with Crippen molar-refractivity contribution in [3.8, 4) is 0 Å². The van der Waals surface area contributed by atoms with Gasteiger partial charge in [0.05, 0.1) is 0 Å². The smallest absolute Gasteiger partial charge is 0.384 e. The largest absolute Gasteiger partial charge is 0.471 e. The van der Waals surface area contributed by atoms with Gasteiger partial charge in [-0.3, -0.25) is 10.2 Å². The lowest BCUT2D eigenvalue weighted by molar-refractivity contribution is -0.167. The predicted molar refractivity (Wildman–Crippen MR) is 105 cm³/mol. The van der Waals surface area contributed by atoms with E-state index in [0.29, 0.717) is 5.56 Å². The number of carbonyl (C=O) groups is 1. The van der Waals surface area contributed by atoms with Crippen molar-refractivity contribution in [2.24, 2.45) is 5.73 Å². The molecule has 0 aromatic heterocycles. The fourth-order valence-corrected chi connectivity index (χ4v) is 2.61. The van der Waals surface area contributed by atoms with E-state index in [-0.39, 0.29) is 11.5 Å². The van der Waals surface area contributed by atoms with Gasteiger partial charge >= 0.3 is 12.1 Å². The first kappa shape index (κ1) is 19.2. The molecule has 0 bridgehead atoms. The summed E-state index contributed by atoms with van der Waals surface area (Å²) in [6, 6.07) is 17.4. The number of fused-ring (bicyclic) bond motifs is 1. The van der Waals surface area contributed by atoms with Crippen LogP contribution in [0.3, 0.4) is 0 Å². The minimum absolute atomic E-state index is 0.0146. The molecular formula is C21H16F3N3O. The Kier molecular flexibility index (Phi) is 5.17. The third kappa shape index (κ3) is 4.56. The fraction of sp³-hybridized carbons (Fsp3) is 0.0476. The average Bonchev–Trinajstić information content (AvgIpc) is 2.66. The van der Waals surface area contributed by atoms with Gasteiger partial charge in [-0.1, -0.05) is 48.6 Å². The lowest BCUT2D eigenvalue weighted by Crippen LogP contribution is -2.29. The van der Waals surface area contributed by atoms with Gasteiger partial charge < -0.3 is 11.1 Å². The van der Waals surface area contributed by atoms with Crippen molar-refractivity contribution in [3.63, 3.8) is 0 Å². The van der Waals surface area contributed by atoms with Crippen molar-refractivity contribution in [1.82, 2.24) is 0 Å². The summed E-state index contributed by atoms with van der Waals surface area (Å²) in [7, 11) is 0. The Bertz CT molecular complexity index is 1070. The minimum Gasteiger partial charge on any atom is -0.384 e. The van der Waals surface area contributed by atoms with E-state index >= 15 is 0 Å². The van der Waals surface area contributed by atoms with Crippen molar-refractivity contribution in [2.75, 3.05) is 5.32 Å². The number of halogens is 3. The Labute approximate surface area is 159 Å². The molecule has 0 saturated heterocycles. The van der Waals surface area contributed by atoms with Crippen LogP contribution in [-0.4, -0.2) is 17.9 Å². The van der Waals surface area contributed by atoms with Gasteiger partial charge in [-0.2, -0.15) is 13.2 Å². The number of anilines is 1. The predicted octanol–water partition coefficient (Wildman–Crippen LogP) is 4.80. The number of carbonyl (C=O) groups excluding carboxylic acids is 1. The van der Waals surface area contributed by atoms with Gasteiger partial charge in [-0.25, -0.2) is 0 Å². The van der Waals surface area contributed by atoms with Gasteiger partial charge in [0, 0.05) is 11.3 Å². The van der Waals surface area contributed by atoms with Crippen LogP contribution < -0.4 is 11.1 Å². The van der Waals surface area contributed by atoms with Crippen LogP contribution in [0.15, 0.2) is 60.7 Å². The lowest BCUT2D eigenvalue weighted by Gasteiger charge is -2.07. The molecule has 0 radical (unpaired) electrons. The summed E-state index contributed by atoms with van der Waals surface area (Å²) in [4.78, 5) is 10.9. The second kappa shape index (κ2) is 7.56. The number of nitrogens with two attached hydrogens (primary N) is 1. The van der Waals surface area contributed by atoms with Gasteiger partial charge in [0.2, 0.25) is 0 Å². The van der Waals surface area contributed by atoms with Gasteiger partial charge in [0.1, 0.15) is 5.84 Å². The maximum absolute atomic E-state index is 12.3. The van der Waals surface area contributed by atoms with E-state index in [2.05, 4.69) is 0 Å². The molecule has 0 aliphatic heterocycles. The molecule has 4 N–H and O–H groups in total. The van der Waals surface area contributed by atoms with E-state index in [9.17, 15) is 18.0 Å². The van der Waals surface area contributed by atoms with Crippen molar-refractivity contribution in [3.05, 3.63) is 77.4 Å². The molecule has 0 aliphatic rings. The Morgan fingerprint density at radius 2 is 1.46 bits per heavy atom. The lowest BCUT2D eigenvalue weighted by atomic mass is 10.0. The van der Waals surface area contributed by atoms with E-state index in [1.165, 1.54) is 12.1 Å². The average molecular weight is 383 g/mol. The number of rotatable bonds is 4. The number of hydrogen-bond acceptors (Lipinski definition) is 2. The molecule has 0 saturated carbocycles. The number of amidine groups is 1. The molecule has 4 nitrogen and oxygen atoms in total. The van der Waals surface area contributed by atoms with Crippen LogP contribution in [0.5, 0.6) is 0 Å². The third-order valence-corrected chi connectivity index (χ3v) is 4.07. The molecule has 1 amide bonds. The fourth-order valence-electron chi connectivity index (χ4n) is 2.61. The molecular weight excluding hydrogens is 367 g/mol. The number of benzene rings is 3. The molecule has 3 rings (SSSR count). The van der Waals surface area contributed by atoms with Crippen molar-refractivity contribution in [1.29, 1.82) is 5.41 Å². The molecule has 7 heteroatoms. The van der Waals surface area contributed by atoms with Gasteiger partial charge in [0.15, 0.2) is 0 Å². The van der Waals surface area contributed by atoms with Crippen LogP contribution in [0.2, 0.25) is 0 Å². The van der Waals surface area contributed by atoms with Crippen molar-refractivity contribution < 1.29 is 18.0 Å². The second-order valence-electron chi connectivity index (χ2n) is 6.14. The summed E-state index contributed by atoms with van der Waals surface area (Å²) in [5, 5.41) is 11.3. The van der Waals surface area contributed by atoms with Crippen LogP contribution in [0, 0.1) is 5.41 Å². The first-order valence-electron chi connectivity index (χ1n) is 8.27.